The van der Waals surface area contributed by atoms with Gasteiger partial charge >= 0.3 is 0 Å². The highest BCUT2D eigenvalue weighted by molar-refractivity contribution is 6.34. The largest absolute Gasteiger partial charge is 0.369 e. The van der Waals surface area contributed by atoms with Crippen molar-refractivity contribution in [3.05, 3.63) is 17.4 Å². The van der Waals surface area contributed by atoms with Crippen LogP contribution in [0.1, 0.15) is 6.42 Å². The normalized spacial score (nSPS) is 10.7. The molecule has 0 radical (unpaired) electrons. The number of aromatic nitrogens is 3. The average molecular weight is 254 g/mol. The van der Waals surface area contributed by atoms with Crippen LogP contribution in [-0.4, -0.2) is 27.5 Å². The van der Waals surface area contributed by atoms with Gasteiger partial charge < -0.3 is 15.6 Å². The van der Waals surface area contributed by atoms with Gasteiger partial charge in [-0.2, -0.15) is 0 Å². The number of rotatable bonds is 3. The molecule has 90 valence electrons. The molecule has 3 N–H and O–H groups in total. The van der Waals surface area contributed by atoms with E-state index in [0.29, 0.717) is 35.0 Å². The molecule has 0 aliphatic carbocycles. The van der Waals surface area contributed by atoms with E-state index in [1.807, 2.05) is 0 Å². The van der Waals surface area contributed by atoms with Crippen LogP contribution in [0.2, 0.25) is 5.02 Å². The van der Waals surface area contributed by atoms with Crippen LogP contribution in [0.25, 0.3) is 11.0 Å². The van der Waals surface area contributed by atoms with Crippen LogP contribution in [0, 0.1) is 0 Å². The third-order valence-electron chi connectivity index (χ3n) is 2.48. The van der Waals surface area contributed by atoms with Crippen LogP contribution >= 0.6 is 11.6 Å². The quantitative estimate of drug-likeness (QED) is 0.847. The van der Waals surface area contributed by atoms with Crippen molar-refractivity contribution < 1.29 is 4.79 Å². The first-order valence-electron chi connectivity index (χ1n) is 5.09. The zero-order valence-electron chi connectivity index (χ0n) is 9.27. The molecule has 2 aromatic rings. The zero-order chi connectivity index (χ0) is 12.4. The summed E-state index contributed by atoms with van der Waals surface area (Å²) in [5.74, 6) is 0.273. The van der Waals surface area contributed by atoms with E-state index < -0.39 is 0 Å². The van der Waals surface area contributed by atoms with Gasteiger partial charge in [-0.25, -0.2) is 4.98 Å². The van der Waals surface area contributed by atoms with E-state index in [1.54, 1.807) is 17.8 Å². The molecule has 7 heteroatoms. The second-order valence-corrected chi connectivity index (χ2v) is 3.94. The van der Waals surface area contributed by atoms with Gasteiger partial charge in [0.2, 0.25) is 11.9 Å². The molecular weight excluding hydrogens is 242 g/mol. The fraction of sp³-hybridized carbons (Fsp3) is 0.300. The van der Waals surface area contributed by atoms with Gasteiger partial charge in [0.15, 0.2) is 0 Å². The molecule has 2 heterocycles. The van der Waals surface area contributed by atoms with Crippen molar-refractivity contribution in [1.82, 2.24) is 19.9 Å². The summed E-state index contributed by atoms with van der Waals surface area (Å²) in [6.07, 6.45) is 3.44. The Kier molecular flexibility index (Phi) is 3.14. The first-order valence-corrected chi connectivity index (χ1v) is 5.47. The number of nitrogens with zero attached hydrogens (tertiary/aromatic N) is 3. The van der Waals surface area contributed by atoms with E-state index in [2.05, 4.69) is 15.3 Å². The molecule has 0 aliphatic rings. The molecule has 0 saturated heterocycles. The summed E-state index contributed by atoms with van der Waals surface area (Å²) < 4.78 is 1.72. The van der Waals surface area contributed by atoms with Crippen LogP contribution in [-0.2, 0) is 11.3 Å². The molecule has 0 fully saturated rings. The molecule has 6 nitrogen and oxygen atoms in total. The predicted octanol–water partition coefficient (Wildman–Crippen LogP) is 0.803. The Labute approximate surface area is 103 Å². The lowest BCUT2D eigenvalue weighted by Gasteiger charge is -2.06. The number of halogens is 1. The number of hydrogen-bond acceptors (Lipinski definition) is 4. The summed E-state index contributed by atoms with van der Waals surface area (Å²) in [6, 6.07) is 0. The molecule has 0 aromatic carbocycles. The Morgan fingerprint density at radius 3 is 3.06 bits per heavy atom. The van der Waals surface area contributed by atoms with Crippen molar-refractivity contribution in [2.24, 2.45) is 0 Å². The molecule has 2 rings (SSSR count). The Bertz CT molecular complexity index is 565. The molecular formula is C10H12ClN5O. The number of aryl methyl sites for hydroxylation is 1. The minimum atomic E-state index is -0.0589. The number of amides is 1. The van der Waals surface area contributed by atoms with Crippen molar-refractivity contribution >= 4 is 34.5 Å². The van der Waals surface area contributed by atoms with Gasteiger partial charge in [0, 0.05) is 26.2 Å². The molecule has 0 atom stereocenters. The Balaban J connectivity index is 2.39. The van der Waals surface area contributed by atoms with Gasteiger partial charge in [-0.05, 0) is 0 Å². The Morgan fingerprint density at radius 1 is 1.59 bits per heavy atom. The van der Waals surface area contributed by atoms with Crippen LogP contribution < -0.4 is 11.1 Å². The van der Waals surface area contributed by atoms with Crippen molar-refractivity contribution in [1.29, 1.82) is 0 Å². The predicted molar refractivity (Wildman–Crippen MR) is 65.6 cm³/mol. The molecule has 0 aliphatic heterocycles. The summed E-state index contributed by atoms with van der Waals surface area (Å²) in [5.41, 5.74) is 7.13. The molecule has 0 bridgehead atoms. The van der Waals surface area contributed by atoms with Crippen LogP contribution in [0.5, 0.6) is 0 Å². The van der Waals surface area contributed by atoms with Gasteiger partial charge in [0.05, 0.1) is 16.7 Å². The van der Waals surface area contributed by atoms with Gasteiger partial charge in [-0.15, -0.1) is 0 Å². The molecule has 0 unspecified atom stereocenters. The second-order valence-electron chi connectivity index (χ2n) is 3.53. The van der Waals surface area contributed by atoms with Crippen LogP contribution in [0.15, 0.2) is 12.4 Å². The lowest BCUT2D eigenvalue weighted by atomic mass is 10.3. The molecule has 17 heavy (non-hydrogen) atoms. The van der Waals surface area contributed by atoms with Crippen molar-refractivity contribution in [2.75, 3.05) is 12.8 Å². The highest BCUT2D eigenvalue weighted by Crippen LogP contribution is 2.24. The summed E-state index contributed by atoms with van der Waals surface area (Å²) in [7, 11) is 1.59. The van der Waals surface area contributed by atoms with E-state index >= 15 is 0 Å². The number of anilines is 1. The lowest BCUT2D eigenvalue weighted by molar-refractivity contribution is -0.120. The monoisotopic (exact) mass is 253 g/mol. The van der Waals surface area contributed by atoms with Crippen molar-refractivity contribution in [3.8, 4) is 0 Å². The van der Waals surface area contributed by atoms with Crippen LogP contribution in [0.4, 0.5) is 5.95 Å². The molecule has 1 amide bonds. The maximum absolute atomic E-state index is 11.2. The van der Waals surface area contributed by atoms with E-state index in [1.165, 1.54) is 6.20 Å². The number of pyridine rings is 1. The minimum absolute atomic E-state index is 0.0589. The smallest absolute Gasteiger partial charge is 0.221 e. The number of nitrogens with one attached hydrogen (secondary N) is 1. The van der Waals surface area contributed by atoms with Crippen LogP contribution in [0.3, 0.4) is 0 Å². The maximum Gasteiger partial charge on any atom is 0.221 e. The van der Waals surface area contributed by atoms with Gasteiger partial charge in [0.1, 0.15) is 5.52 Å². The van der Waals surface area contributed by atoms with Gasteiger partial charge in [-0.1, -0.05) is 11.6 Å². The molecule has 0 saturated carbocycles. The third-order valence-corrected chi connectivity index (χ3v) is 2.75. The van der Waals surface area contributed by atoms with Crippen molar-refractivity contribution in [2.45, 2.75) is 13.0 Å². The third kappa shape index (κ3) is 2.16. The van der Waals surface area contributed by atoms with Gasteiger partial charge in [0.25, 0.3) is 0 Å². The fourth-order valence-electron chi connectivity index (χ4n) is 1.63. The van der Waals surface area contributed by atoms with E-state index in [9.17, 15) is 4.79 Å². The number of fused-ring (bicyclic) bond motifs is 1. The maximum atomic E-state index is 11.2. The lowest BCUT2D eigenvalue weighted by Crippen LogP contribution is -2.19. The first kappa shape index (κ1) is 11.7. The molecule has 2 aromatic heterocycles. The SMILES string of the molecule is CNC(=O)CCn1c(N)nc2cncc(Cl)c21. The summed E-state index contributed by atoms with van der Waals surface area (Å²) in [4.78, 5) is 19.3. The number of hydrogen-bond donors (Lipinski definition) is 2. The summed E-state index contributed by atoms with van der Waals surface area (Å²) in [5, 5.41) is 3.03. The minimum Gasteiger partial charge on any atom is -0.369 e. The van der Waals surface area contributed by atoms with Gasteiger partial charge in [-0.3, -0.25) is 9.78 Å². The number of carbonyl (C=O) groups is 1. The highest BCUT2D eigenvalue weighted by Gasteiger charge is 2.12. The number of nitrogens with two attached hydrogens (primary N) is 1. The number of imidazole rings is 1. The second kappa shape index (κ2) is 4.58. The summed E-state index contributed by atoms with van der Waals surface area (Å²) >= 11 is 6.05. The Hall–Kier alpha value is -1.82. The topological polar surface area (TPSA) is 85.8 Å². The zero-order valence-corrected chi connectivity index (χ0v) is 10.0. The van der Waals surface area contributed by atoms with Crippen molar-refractivity contribution in [3.63, 3.8) is 0 Å². The highest BCUT2D eigenvalue weighted by atomic mass is 35.5. The Morgan fingerprint density at radius 2 is 2.35 bits per heavy atom. The fourth-order valence-corrected chi connectivity index (χ4v) is 1.89. The number of nitrogen functional groups attached to an aromatic ring is 1. The summed E-state index contributed by atoms with van der Waals surface area (Å²) in [6.45, 7) is 0.436. The first-order chi connectivity index (χ1) is 8.13. The van der Waals surface area contributed by atoms with E-state index in [-0.39, 0.29) is 5.91 Å². The average Bonchev–Trinajstić information content (AvgIpc) is 2.63. The standard InChI is InChI=1S/C10H12ClN5O/c1-13-8(17)2-3-16-9-6(11)4-14-5-7(9)15-10(16)12/h4-5H,2-3H2,1H3,(H2,12,15)(H,13,17). The van der Waals surface area contributed by atoms with E-state index in [4.69, 9.17) is 17.3 Å². The number of carbonyl (C=O) groups excluding carboxylic acids is 1. The molecule has 0 spiro atoms. The van der Waals surface area contributed by atoms with E-state index in [0.717, 1.165) is 0 Å².